The van der Waals surface area contributed by atoms with Crippen molar-refractivity contribution in [2.45, 2.75) is 38.3 Å². The Hall–Kier alpha value is 0.270. The van der Waals surface area contributed by atoms with Crippen LogP contribution in [0.1, 0.15) is 32.1 Å². The lowest BCUT2D eigenvalue weighted by molar-refractivity contribution is -0.144. The molecule has 0 radical (unpaired) electrons. The van der Waals surface area contributed by atoms with Gasteiger partial charge in [-0.2, -0.15) is 13.2 Å². The Morgan fingerprint density at radius 1 is 1.31 bits per heavy atom. The van der Waals surface area contributed by atoms with Crippen LogP contribution in [0.4, 0.5) is 13.2 Å². The van der Waals surface area contributed by atoms with Crippen molar-refractivity contribution in [3.63, 3.8) is 0 Å². The fraction of sp³-hybridized carbons (Fsp3) is 1.00. The standard InChI is InChI=1S/C9H14BrF3/c10-6-8(5-9(11,12)13)4-7-2-1-3-7/h7-8H,1-6H2/t8-/m1/s1. The van der Waals surface area contributed by atoms with Crippen molar-refractivity contribution in [2.24, 2.45) is 11.8 Å². The van der Waals surface area contributed by atoms with Crippen molar-refractivity contribution in [1.29, 1.82) is 0 Å². The Morgan fingerprint density at radius 2 is 1.92 bits per heavy atom. The maximum Gasteiger partial charge on any atom is 0.389 e. The molecule has 0 bridgehead atoms. The summed E-state index contributed by atoms with van der Waals surface area (Å²) >= 11 is 3.15. The first kappa shape index (κ1) is 11.3. The number of hydrogen-bond acceptors (Lipinski definition) is 0. The number of halogens is 4. The van der Waals surface area contributed by atoms with E-state index in [1.807, 2.05) is 0 Å². The molecule has 1 rings (SSSR count). The summed E-state index contributed by atoms with van der Waals surface area (Å²) in [5.41, 5.74) is 0. The first-order chi connectivity index (χ1) is 6.01. The first-order valence-corrected chi connectivity index (χ1v) is 5.76. The molecule has 0 nitrogen and oxygen atoms in total. The van der Waals surface area contributed by atoms with Gasteiger partial charge < -0.3 is 0 Å². The second-order valence-corrected chi connectivity index (χ2v) is 4.52. The highest BCUT2D eigenvalue weighted by atomic mass is 79.9. The van der Waals surface area contributed by atoms with Crippen LogP contribution in [0.5, 0.6) is 0 Å². The number of alkyl halides is 4. The summed E-state index contributed by atoms with van der Waals surface area (Å²) in [6.07, 6.45) is -0.434. The van der Waals surface area contributed by atoms with Gasteiger partial charge in [-0.3, -0.25) is 0 Å². The monoisotopic (exact) mass is 258 g/mol. The molecule has 78 valence electrons. The summed E-state index contributed by atoms with van der Waals surface area (Å²) in [5, 5.41) is 0.475. The molecule has 0 heterocycles. The van der Waals surface area contributed by atoms with E-state index in [0.29, 0.717) is 11.2 Å². The predicted octanol–water partition coefficient (Wildman–Crippen LogP) is 4.14. The second kappa shape index (κ2) is 4.67. The van der Waals surface area contributed by atoms with Gasteiger partial charge in [0, 0.05) is 11.8 Å². The van der Waals surface area contributed by atoms with Crippen LogP contribution < -0.4 is 0 Å². The molecule has 0 aliphatic heterocycles. The average Bonchev–Trinajstić information content (AvgIpc) is 1.91. The van der Waals surface area contributed by atoms with Crippen molar-refractivity contribution in [3.8, 4) is 0 Å². The van der Waals surface area contributed by atoms with Crippen molar-refractivity contribution in [3.05, 3.63) is 0 Å². The van der Waals surface area contributed by atoms with Crippen molar-refractivity contribution in [1.82, 2.24) is 0 Å². The smallest absolute Gasteiger partial charge is 0.171 e. The normalized spacial score (nSPS) is 21.2. The van der Waals surface area contributed by atoms with Gasteiger partial charge in [0.1, 0.15) is 0 Å². The number of rotatable bonds is 4. The van der Waals surface area contributed by atoms with Crippen molar-refractivity contribution < 1.29 is 13.2 Å². The third kappa shape index (κ3) is 4.34. The molecule has 1 aliphatic carbocycles. The van der Waals surface area contributed by atoms with E-state index in [-0.39, 0.29) is 5.92 Å². The lowest BCUT2D eigenvalue weighted by Gasteiger charge is -2.29. The number of hydrogen-bond donors (Lipinski definition) is 0. The van der Waals surface area contributed by atoms with Crippen LogP contribution in [0.15, 0.2) is 0 Å². The highest BCUT2D eigenvalue weighted by molar-refractivity contribution is 9.09. The third-order valence-corrected chi connectivity index (χ3v) is 3.55. The molecule has 1 aliphatic rings. The molecule has 0 aromatic rings. The van der Waals surface area contributed by atoms with E-state index < -0.39 is 12.6 Å². The van der Waals surface area contributed by atoms with Gasteiger partial charge in [0.2, 0.25) is 0 Å². The van der Waals surface area contributed by atoms with Crippen molar-refractivity contribution in [2.75, 3.05) is 5.33 Å². The summed E-state index contributed by atoms with van der Waals surface area (Å²) < 4.78 is 36.1. The summed E-state index contributed by atoms with van der Waals surface area (Å²) in [6.45, 7) is 0. The second-order valence-electron chi connectivity index (χ2n) is 3.87. The topological polar surface area (TPSA) is 0 Å². The molecular formula is C9H14BrF3. The molecule has 1 fully saturated rings. The lowest BCUT2D eigenvalue weighted by atomic mass is 9.79. The van der Waals surface area contributed by atoms with E-state index in [1.54, 1.807) is 0 Å². The minimum atomic E-state index is -4.00. The Morgan fingerprint density at radius 3 is 2.23 bits per heavy atom. The molecule has 0 amide bonds. The van der Waals surface area contributed by atoms with Gasteiger partial charge in [-0.15, -0.1) is 0 Å². The van der Waals surface area contributed by atoms with E-state index in [2.05, 4.69) is 15.9 Å². The molecule has 0 aromatic carbocycles. The summed E-state index contributed by atoms with van der Waals surface area (Å²) in [5.74, 6) is 0.343. The van der Waals surface area contributed by atoms with Crippen LogP contribution in [0.2, 0.25) is 0 Å². The Kier molecular flexibility index (Phi) is 4.07. The van der Waals surface area contributed by atoms with E-state index in [9.17, 15) is 13.2 Å². The van der Waals surface area contributed by atoms with Gasteiger partial charge in [0.25, 0.3) is 0 Å². The van der Waals surface area contributed by atoms with Gasteiger partial charge in [0.15, 0.2) is 0 Å². The van der Waals surface area contributed by atoms with E-state index in [4.69, 9.17) is 0 Å². The molecule has 0 saturated heterocycles. The minimum absolute atomic E-state index is 0.217. The minimum Gasteiger partial charge on any atom is -0.171 e. The Labute approximate surface area is 85.0 Å². The molecule has 0 aromatic heterocycles. The summed E-state index contributed by atoms with van der Waals surface area (Å²) in [6, 6.07) is 0. The zero-order valence-electron chi connectivity index (χ0n) is 7.41. The molecular weight excluding hydrogens is 245 g/mol. The van der Waals surface area contributed by atoms with E-state index >= 15 is 0 Å². The molecule has 0 spiro atoms. The van der Waals surface area contributed by atoms with Crippen LogP contribution in [-0.2, 0) is 0 Å². The van der Waals surface area contributed by atoms with E-state index in [0.717, 1.165) is 19.3 Å². The van der Waals surface area contributed by atoms with Crippen LogP contribution in [-0.4, -0.2) is 11.5 Å². The van der Waals surface area contributed by atoms with Gasteiger partial charge in [-0.1, -0.05) is 35.2 Å². The zero-order valence-corrected chi connectivity index (χ0v) is 9.00. The highest BCUT2D eigenvalue weighted by Crippen LogP contribution is 2.36. The SMILES string of the molecule is FC(F)(F)C[C@H](CBr)CC1CCC1. The Bertz CT molecular complexity index is 151. The molecule has 4 heteroatoms. The van der Waals surface area contributed by atoms with Gasteiger partial charge >= 0.3 is 6.18 Å². The van der Waals surface area contributed by atoms with Crippen LogP contribution in [0.3, 0.4) is 0 Å². The van der Waals surface area contributed by atoms with Crippen molar-refractivity contribution >= 4 is 15.9 Å². The molecule has 1 atom stereocenters. The molecule has 13 heavy (non-hydrogen) atoms. The fourth-order valence-electron chi connectivity index (χ4n) is 1.73. The summed E-state index contributed by atoms with van der Waals surface area (Å²) in [4.78, 5) is 0. The fourth-order valence-corrected chi connectivity index (χ4v) is 2.22. The average molecular weight is 259 g/mol. The maximum absolute atomic E-state index is 12.0. The van der Waals surface area contributed by atoms with Crippen LogP contribution >= 0.6 is 15.9 Å². The van der Waals surface area contributed by atoms with Gasteiger partial charge in [-0.25, -0.2) is 0 Å². The molecule has 1 saturated carbocycles. The van der Waals surface area contributed by atoms with E-state index in [1.165, 1.54) is 6.42 Å². The summed E-state index contributed by atoms with van der Waals surface area (Å²) in [7, 11) is 0. The zero-order chi connectivity index (χ0) is 9.90. The highest BCUT2D eigenvalue weighted by Gasteiger charge is 2.33. The lowest BCUT2D eigenvalue weighted by Crippen LogP contribution is -2.22. The van der Waals surface area contributed by atoms with Gasteiger partial charge in [-0.05, 0) is 18.3 Å². The molecule has 0 N–H and O–H groups in total. The third-order valence-electron chi connectivity index (χ3n) is 2.63. The van der Waals surface area contributed by atoms with Gasteiger partial charge in [0.05, 0.1) is 0 Å². The first-order valence-electron chi connectivity index (χ1n) is 4.64. The largest absolute Gasteiger partial charge is 0.389 e. The predicted molar refractivity (Wildman–Crippen MR) is 49.9 cm³/mol. The maximum atomic E-state index is 12.0. The molecule has 0 unspecified atom stereocenters. The van der Waals surface area contributed by atoms with Crippen LogP contribution in [0, 0.1) is 11.8 Å². The van der Waals surface area contributed by atoms with Crippen LogP contribution in [0.25, 0.3) is 0 Å². The quantitative estimate of drug-likeness (QED) is 0.665. The Balaban J connectivity index is 2.25.